The van der Waals surface area contributed by atoms with Crippen molar-refractivity contribution in [1.29, 1.82) is 0 Å². The fraction of sp³-hybridized carbons (Fsp3) is 0.250. The van der Waals surface area contributed by atoms with Crippen LogP contribution in [0.25, 0.3) is 10.9 Å². The topological polar surface area (TPSA) is 107 Å². The van der Waals surface area contributed by atoms with Crippen molar-refractivity contribution in [3.63, 3.8) is 0 Å². The van der Waals surface area contributed by atoms with Crippen LogP contribution in [-0.2, 0) is 9.47 Å². The van der Waals surface area contributed by atoms with Crippen LogP contribution in [0.1, 0.15) is 37.4 Å². The van der Waals surface area contributed by atoms with Gasteiger partial charge in [0.05, 0.1) is 37.1 Å². The molecular weight excluding hydrogens is 346 g/mol. The first-order valence-electron chi connectivity index (χ1n) is 8.26. The van der Waals surface area contributed by atoms with Crippen LogP contribution in [0.5, 0.6) is 0 Å². The molecule has 0 atom stereocenters. The average Bonchev–Trinajstić information content (AvgIpc) is 3.15. The second-order valence-electron chi connectivity index (χ2n) is 6.02. The fourth-order valence-electron chi connectivity index (χ4n) is 2.68. The van der Waals surface area contributed by atoms with Gasteiger partial charge in [-0.25, -0.2) is 9.59 Å². The van der Waals surface area contributed by atoms with Crippen molar-refractivity contribution in [3.8, 4) is 0 Å². The van der Waals surface area contributed by atoms with Gasteiger partial charge in [0, 0.05) is 11.1 Å². The normalized spacial score (nSPS) is 10.1. The first-order valence-corrected chi connectivity index (χ1v) is 8.26. The molecule has 0 spiro atoms. The van der Waals surface area contributed by atoms with Gasteiger partial charge in [0.2, 0.25) is 0 Å². The molecule has 0 aliphatic rings. The Morgan fingerprint density at radius 2 is 1.48 bits per heavy atom. The minimum atomic E-state index is -0.343. The van der Waals surface area contributed by atoms with Crippen LogP contribution in [0, 0.1) is 20.8 Å². The van der Waals surface area contributed by atoms with Crippen LogP contribution in [0.4, 0.5) is 5.69 Å². The third kappa shape index (κ3) is 4.08. The molecular formula is C20H23N3O4. The molecule has 3 N–H and O–H groups in total. The SMILES string of the molecule is COC(=O)c1ccc(C)c(N)c1C.COC(=O)c1ccc2cn[nH]c2c1C. The van der Waals surface area contributed by atoms with E-state index in [1.165, 1.54) is 14.2 Å². The molecule has 0 aliphatic carbocycles. The smallest absolute Gasteiger partial charge is 0.338 e. The summed E-state index contributed by atoms with van der Waals surface area (Å²) in [7, 11) is 2.73. The Morgan fingerprint density at radius 3 is 2.07 bits per heavy atom. The Bertz CT molecular complexity index is 992. The van der Waals surface area contributed by atoms with E-state index >= 15 is 0 Å². The highest BCUT2D eigenvalue weighted by Crippen LogP contribution is 2.21. The van der Waals surface area contributed by atoms with E-state index in [1.807, 2.05) is 32.9 Å². The predicted octanol–water partition coefficient (Wildman–Crippen LogP) is 3.33. The van der Waals surface area contributed by atoms with Crippen LogP contribution >= 0.6 is 0 Å². The summed E-state index contributed by atoms with van der Waals surface area (Å²) in [5.41, 5.74) is 11.0. The van der Waals surface area contributed by atoms with Crippen molar-refractivity contribution >= 4 is 28.5 Å². The molecule has 7 nitrogen and oxygen atoms in total. The zero-order valence-electron chi connectivity index (χ0n) is 16.0. The van der Waals surface area contributed by atoms with E-state index in [9.17, 15) is 9.59 Å². The molecule has 0 fully saturated rings. The van der Waals surface area contributed by atoms with E-state index in [-0.39, 0.29) is 11.9 Å². The number of carbonyl (C=O) groups is 2. The highest BCUT2D eigenvalue weighted by atomic mass is 16.5. The van der Waals surface area contributed by atoms with Crippen LogP contribution in [0.2, 0.25) is 0 Å². The van der Waals surface area contributed by atoms with Gasteiger partial charge < -0.3 is 15.2 Å². The van der Waals surface area contributed by atoms with E-state index in [0.29, 0.717) is 16.8 Å². The molecule has 0 bridgehead atoms. The highest BCUT2D eigenvalue weighted by molar-refractivity contribution is 5.97. The number of esters is 2. The van der Waals surface area contributed by atoms with Gasteiger partial charge in [0.25, 0.3) is 0 Å². The quantitative estimate of drug-likeness (QED) is 0.530. The molecule has 0 amide bonds. The third-order valence-corrected chi connectivity index (χ3v) is 4.42. The number of hydrogen-bond donors (Lipinski definition) is 2. The van der Waals surface area contributed by atoms with Crippen LogP contribution < -0.4 is 5.73 Å². The minimum Gasteiger partial charge on any atom is -0.465 e. The average molecular weight is 369 g/mol. The van der Waals surface area contributed by atoms with E-state index in [0.717, 1.165) is 27.6 Å². The van der Waals surface area contributed by atoms with E-state index in [1.54, 1.807) is 18.3 Å². The lowest BCUT2D eigenvalue weighted by Gasteiger charge is -2.08. The van der Waals surface area contributed by atoms with Crippen molar-refractivity contribution in [3.05, 3.63) is 58.3 Å². The number of fused-ring (bicyclic) bond motifs is 1. The Hall–Kier alpha value is -3.35. The number of aryl methyl sites for hydroxylation is 2. The number of nitrogens with zero attached hydrogens (tertiary/aromatic N) is 1. The number of benzene rings is 2. The van der Waals surface area contributed by atoms with Gasteiger partial charge in [-0.05, 0) is 49.6 Å². The Labute approximate surface area is 157 Å². The lowest BCUT2D eigenvalue weighted by atomic mass is 10.0. The highest BCUT2D eigenvalue weighted by Gasteiger charge is 2.12. The largest absolute Gasteiger partial charge is 0.465 e. The van der Waals surface area contributed by atoms with Gasteiger partial charge in [0.1, 0.15) is 0 Å². The molecule has 3 aromatic rings. The van der Waals surface area contributed by atoms with E-state index < -0.39 is 0 Å². The lowest BCUT2D eigenvalue weighted by Crippen LogP contribution is -2.06. The molecule has 1 aromatic heterocycles. The molecule has 27 heavy (non-hydrogen) atoms. The summed E-state index contributed by atoms with van der Waals surface area (Å²) in [6.45, 7) is 5.59. The molecule has 142 valence electrons. The second-order valence-corrected chi connectivity index (χ2v) is 6.02. The standard InChI is InChI=1S/C10H10N2O2.C10H13NO2/c1-6-8(10(13)14-2)4-3-7-5-11-12-9(6)7;1-6-4-5-8(10(12)13-3)7(2)9(6)11/h3-5H,1-2H3,(H,11,12);4-5H,11H2,1-3H3. The van der Waals surface area contributed by atoms with Gasteiger partial charge in [-0.3, -0.25) is 5.10 Å². The number of nitrogens with two attached hydrogens (primary N) is 1. The summed E-state index contributed by atoms with van der Waals surface area (Å²) >= 11 is 0. The van der Waals surface area contributed by atoms with Gasteiger partial charge in [-0.1, -0.05) is 12.1 Å². The van der Waals surface area contributed by atoms with E-state index in [4.69, 9.17) is 5.73 Å². The van der Waals surface area contributed by atoms with Crippen LogP contribution in [0.3, 0.4) is 0 Å². The summed E-state index contributed by atoms with van der Waals surface area (Å²) in [6.07, 6.45) is 1.73. The summed E-state index contributed by atoms with van der Waals surface area (Å²) < 4.78 is 9.29. The van der Waals surface area contributed by atoms with Gasteiger partial charge >= 0.3 is 11.9 Å². The number of carbonyl (C=O) groups excluding carboxylic acids is 2. The summed E-state index contributed by atoms with van der Waals surface area (Å²) in [5.74, 6) is -0.664. The van der Waals surface area contributed by atoms with Crippen LogP contribution in [-0.4, -0.2) is 36.4 Å². The fourth-order valence-corrected chi connectivity index (χ4v) is 2.68. The monoisotopic (exact) mass is 369 g/mol. The first kappa shape index (κ1) is 20.0. The molecule has 2 aromatic carbocycles. The van der Waals surface area contributed by atoms with Crippen molar-refractivity contribution in [1.82, 2.24) is 10.2 Å². The zero-order valence-corrected chi connectivity index (χ0v) is 16.0. The number of nitrogens with one attached hydrogen (secondary N) is 1. The molecule has 0 saturated carbocycles. The van der Waals surface area contributed by atoms with Crippen LogP contribution in [0.15, 0.2) is 30.5 Å². The number of hydrogen-bond acceptors (Lipinski definition) is 6. The molecule has 0 aliphatic heterocycles. The van der Waals surface area contributed by atoms with Crippen molar-refractivity contribution in [2.24, 2.45) is 0 Å². The second kappa shape index (κ2) is 8.35. The number of anilines is 1. The first-order chi connectivity index (χ1) is 12.8. The number of aromatic amines is 1. The number of methoxy groups -OCH3 is 2. The van der Waals surface area contributed by atoms with Gasteiger partial charge in [0.15, 0.2) is 0 Å². The Balaban J connectivity index is 0.000000194. The van der Waals surface area contributed by atoms with E-state index in [2.05, 4.69) is 19.7 Å². The molecule has 0 radical (unpaired) electrons. The van der Waals surface area contributed by atoms with Crippen molar-refractivity contribution in [2.45, 2.75) is 20.8 Å². The maximum atomic E-state index is 11.3. The summed E-state index contributed by atoms with van der Waals surface area (Å²) in [4.78, 5) is 22.6. The number of nitrogen functional groups attached to an aromatic ring is 1. The molecule has 3 rings (SSSR count). The molecule has 1 heterocycles. The van der Waals surface area contributed by atoms with Gasteiger partial charge in [-0.15, -0.1) is 0 Å². The summed E-state index contributed by atoms with van der Waals surface area (Å²) in [5, 5.41) is 7.76. The molecule has 0 saturated heterocycles. The minimum absolute atomic E-state index is 0.320. The third-order valence-electron chi connectivity index (χ3n) is 4.42. The Morgan fingerprint density at radius 1 is 0.926 bits per heavy atom. The van der Waals surface area contributed by atoms with Crippen molar-refractivity contribution < 1.29 is 19.1 Å². The lowest BCUT2D eigenvalue weighted by molar-refractivity contribution is 0.0591. The molecule has 7 heteroatoms. The summed E-state index contributed by atoms with van der Waals surface area (Å²) in [6, 6.07) is 7.14. The number of rotatable bonds is 2. The number of aromatic nitrogens is 2. The maximum Gasteiger partial charge on any atom is 0.338 e. The van der Waals surface area contributed by atoms with Gasteiger partial charge in [-0.2, -0.15) is 5.10 Å². The zero-order chi connectivity index (χ0) is 20.1. The van der Waals surface area contributed by atoms with Crippen molar-refractivity contribution in [2.75, 3.05) is 20.0 Å². The Kier molecular flexibility index (Phi) is 6.18. The predicted molar refractivity (Wildman–Crippen MR) is 104 cm³/mol. The molecule has 0 unspecified atom stereocenters. The number of H-pyrrole nitrogens is 1. The maximum absolute atomic E-state index is 11.3. The number of ether oxygens (including phenoxy) is 2.